The van der Waals surface area contributed by atoms with Gasteiger partial charge in [-0.3, -0.25) is 9.58 Å². The molecule has 6 nitrogen and oxygen atoms in total. The topological polar surface area (TPSA) is 41.6 Å². The molecule has 5 heterocycles. The Bertz CT molecular complexity index is 1050. The molecule has 0 N–H and O–H groups in total. The zero-order valence-corrected chi connectivity index (χ0v) is 16.4. The monoisotopic (exact) mass is 398 g/mol. The van der Waals surface area contributed by atoms with E-state index in [1.807, 2.05) is 36.4 Å². The van der Waals surface area contributed by atoms with Gasteiger partial charge in [0.2, 0.25) is 0 Å². The first kappa shape index (κ1) is 17.4. The van der Waals surface area contributed by atoms with Gasteiger partial charge in [0.15, 0.2) is 0 Å². The predicted molar refractivity (Wildman–Crippen MR) is 106 cm³/mol. The Balaban J connectivity index is 1.29. The highest BCUT2D eigenvalue weighted by molar-refractivity contribution is 5.79. The van der Waals surface area contributed by atoms with Crippen LogP contribution in [0.15, 0.2) is 36.9 Å². The van der Waals surface area contributed by atoms with E-state index >= 15 is 0 Å². The zero-order chi connectivity index (χ0) is 19.8. The number of anilines is 1. The minimum Gasteiger partial charge on any atom is -0.367 e. The first-order chi connectivity index (χ1) is 14.0. The molecular formula is C21H24F2N6. The van der Waals surface area contributed by atoms with Gasteiger partial charge in [-0.25, -0.2) is 13.3 Å². The molecule has 3 aromatic heterocycles. The summed E-state index contributed by atoms with van der Waals surface area (Å²) in [5, 5.41) is 8.76. The van der Waals surface area contributed by atoms with Gasteiger partial charge in [-0.1, -0.05) is 0 Å². The molecule has 0 aromatic carbocycles. The van der Waals surface area contributed by atoms with Gasteiger partial charge in [-0.05, 0) is 25.0 Å². The van der Waals surface area contributed by atoms with E-state index in [0.29, 0.717) is 12.1 Å². The first-order valence-electron chi connectivity index (χ1n) is 10.3. The summed E-state index contributed by atoms with van der Waals surface area (Å²) in [6, 6.07) is 5.05. The van der Waals surface area contributed by atoms with Crippen LogP contribution in [0, 0.1) is 0 Å². The molecule has 3 fully saturated rings. The second-order valence-electron chi connectivity index (χ2n) is 8.83. The SMILES string of the molecule is Cn1cc(-c2cc3c(N4CC5CCC(C4)N5C4CC(F)(F)C4)ccnn3c2)cn1. The smallest absolute Gasteiger partial charge is 0.251 e. The van der Waals surface area contributed by atoms with Crippen LogP contribution < -0.4 is 4.90 Å². The summed E-state index contributed by atoms with van der Waals surface area (Å²) in [7, 11) is 1.91. The highest BCUT2D eigenvalue weighted by Crippen LogP contribution is 2.46. The van der Waals surface area contributed by atoms with Crippen LogP contribution >= 0.6 is 0 Å². The van der Waals surface area contributed by atoms with Crippen molar-refractivity contribution in [3.05, 3.63) is 36.9 Å². The maximum absolute atomic E-state index is 13.4. The average molecular weight is 398 g/mol. The summed E-state index contributed by atoms with van der Waals surface area (Å²) in [5.74, 6) is -2.45. The van der Waals surface area contributed by atoms with Gasteiger partial charge in [0.1, 0.15) is 0 Å². The van der Waals surface area contributed by atoms with E-state index in [-0.39, 0.29) is 18.9 Å². The maximum atomic E-state index is 13.4. The number of fused-ring (bicyclic) bond motifs is 3. The van der Waals surface area contributed by atoms with Crippen molar-refractivity contribution in [3.8, 4) is 11.1 Å². The summed E-state index contributed by atoms with van der Waals surface area (Å²) >= 11 is 0. The summed E-state index contributed by atoms with van der Waals surface area (Å²) in [6.07, 6.45) is 10.0. The van der Waals surface area contributed by atoms with Crippen LogP contribution in [0.3, 0.4) is 0 Å². The molecule has 1 aliphatic carbocycles. The molecule has 2 unspecified atom stereocenters. The number of hydrogen-bond donors (Lipinski definition) is 0. The highest BCUT2D eigenvalue weighted by Gasteiger charge is 2.53. The molecule has 2 atom stereocenters. The lowest BCUT2D eigenvalue weighted by Crippen LogP contribution is -2.62. The minimum absolute atomic E-state index is 0.0344. The molecule has 0 spiro atoms. The Morgan fingerprint density at radius 1 is 1.00 bits per heavy atom. The van der Waals surface area contributed by atoms with Crippen LogP contribution in [0.4, 0.5) is 14.5 Å². The van der Waals surface area contributed by atoms with Crippen molar-refractivity contribution in [1.82, 2.24) is 24.3 Å². The van der Waals surface area contributed by atoms with Crippen molar-refractivity contribution in [2.45, 2.75) is 49.7 Å². The Labute approximate surface area is 167 Å². The van der Waals surface area contributed by atoms with Crippen molar-refractivity contribution in [3.63, 3.8) is 0 Å². The quantitative estimate of drug-likeness (QED) is 0.680. The molecule has 2 aliphatic heterocycles. The van der Waals surface area contributed by atoms with E-state index in [9.17, 15) is 8.78 Å². The summed E-state index contributed by atoms with van der Waals surface area (Å²) in [4.78, 5) is 4.84. The molecule has 3 aliphatic rings. The molecule has 6 rings (SSSR count). The summed E-state index contributed by atoms with van der Waals surface area (Å²) in [5.41, 5.74) is 4.41. The second kappa shape index (κ2) is 6.01. The van der Waals surface area contributed by atoms with Gasteiger partial charge in [0.25, 0.3) is 5.92 Å². The molecular weight excluding hydrogens is 374 g/mol. The number of piperazine rings is 1. The molecule has 8 heteroatoms. The van der Waals surface area contributed by atoms with Crippen LogP contribution in [0.1, 0.15) is 25.7 Å². The standard InChI is InChI=1S/C21H24F2N6/c1-26-10-15(9-25-26)14-6-20-19(4-5-24-28(20)11-14)27-12-16-2-3-17(13-27)29(16)18-7-21(22,23)8-18/h4-6,9-11,16-18H,2-3,7-8,12-13H2,1H3. The lowest BCUT2D eigenvalue weighted by Gasteiger charge is -2.50. The number of nitrogens with zero attached hydrogens (tertiary/aromatic N) is 6. The molecule has 0 radical (unpaired) electrons. The lowest BCUT2D eigenvalue weighted by molar-refractivity contribution is -0.134. The Morgan fingerprint density at radius 2 is 1.76 bits per heavy atom. The number of alkyl halides is 2. The molecule has 2 saturated heterocycles. The number of halogens is 2. The number of aryl methyl sites for hydroxylation is 1. The Kier molecular flexibility index (Phi) is 3.60. The van der Waals surface area contributed by atoms with Gasteiger partial charge in [0.05, 0.1) is 17.4 Å². The lowest BCUT2D eigenvalue weighted by atomic mass is 9.85. The fourth-order valence-electron chi connectivity index (χ4n) is 5.56. The average Bonchev–Trinajstić information content (AvgIpc) is 3.34. The zero-order valence-electron chi connectivity index (χ0n) is 16.4. The Morgan fingerprint density at radius 3 is 2.41 bits per heavy atom. The third-order valence-corrected chi connectivity index (χ3v) is 6.89. The first-order valence-corrected chi connectivity index (χ1v) is 10.3. The third-order valence-electron chi connectivity index (χ3n) is 6.89. The molecule has 3 aromatic rings. The van der Waals surface area contributed by atoms with Crippen LogP contribution in [-0.4, -0.2) is 61.4 Å². The van der Waals surface area contributed by atoms with E-state index < -0.39 is 5.92 Å². The predicted octanol–water partition coefficient (Wildman–Crippen LogP) is 3.19. The Hall–Kier alpha value is -2.48. The van der Waals surface area contributed by atoms with Crippen LogP contribution in [0.5, 0.6) is 0 Å². The van der Waals surface area contributed by atoms with E-state index in [1.165, 1.54) is 5.69 Å². The molecule has 29 heavy (non-hydrogen) atoms. The van der Waals surface area contributed by atoms with Crippen molar-refractivity contribution in [2.24, 2.45) is 7.05 Å². The minimum atomic E-state index is -2.45. The van der Waals surface area contributed by atoms with Crippen molar-refractivity contribution >= 4 is 11.2 Å². The summed E-state index contributed by atoms with van der Waals surface area (Å²) in [6.45, 7) is 1.79. The molecule has 1 saturated carbocycles. The number of rotatable bonds is 3. The van der Waals surface area contributed by atoms with Crippen molar-refractivity contribution in [2.75, 3.05) is 18.0 Å². The molecule has 152 valence electrons. The van der Waals surface area contributed by atoms with Crippen LogP contribution in [-0.2, 0) is 7.05 Å². The normalized spacial score (nSPS) is 26.9. The van der Waals surface area contributed by atoms with Gasteiger partial charge in [-0.15, -0.1) is 0 Å². The number of aromatic nitrogens is 4. The largest absolute Gasteiger partial charge is 0.367 e. The van der Waals surface area contributed by atoms with E-state index in [2.05, 4.69) is 32.1 Å². The van der Waals surface area contributed by atoms with Crippen LogP contribution in [0.2, 0.25) is 0 Å². The highest BCUT2D eigenvalue weighted by atomic mass is 19.3. The van der Waals surface area contributed by atoms with Gasteiger partial charge < -0.3 is 4.90 Å². The van der Waals surface area contributed by atoms with Gasteiger partial charge >= 0.3 is 0 Å². The van der Waals surface area contributed by atoms with E-state index in [0.717, 1.165) is 42.6 Å². The van der Waals surface area contributed by atoms with Crippen LogP contribution in [0.25, 0.3) is 16.6 Å². The maximum Gasteiger partial charge on any atom is 0.251 e. The van der Waals surface area contributed by atoms with Crippen molar-refractivity contribution < 1.29 is 8.78 Å². The number of hydrogen-bond acceptors (Lipinski definition) is 4. The molecule has 2 bridgehead atoms. The molecule has 0 amide bonds. The third kappa shape index (κ3) is 2.76. The van der Waals surface area contributed by atoms with E-state index in [1.54, 1.807) is 4.68 Å². The second-order valence-corrected chi connectivity index (χ2v) is 8.83. The fraction of sp³-hybridized carbons (Fsp3) is 0.524. The van der Waals surface area contributed by atoms with E-state index in [4.69, 9.17) is 0 Å². The van der Waals surface area contributed by atoms with Gasteiger partial charge in [0, 0.05) is 80.8 Å². The van der Waals surface area contributed by atoms with Gasteiger partial charge in [-0.2, -0.15) is 10.2 Å². The van der Waals surface area contributed by atoms with Crippen molar-refractivity contribution in [1.29, 1.82) is 0 Å². The fourth-order valence-corrected chi connectivity index (χ4v) is 5.56. The summed E-state index contributed by atoms with van der Waals surface area (Å²) < 4.78 is 30.6.